The van der Waals surface area contributed by atoms with E-state index in [2.05, 4.69) is 55.6 Å². The quantitative estimate of drug-likeness (QED) is 0.297. The van der Waals surface area contributed by atoms with Crippen molar-refractivity contribution in [3.8, 4) is 0 Å². The van der Waals surface area contributed by atoms with E-state index in [1.807, 2.05) is 12.1 Å². The number of methoxy groups -OCH3 is 1. The van der Waals surface area contributed by atoms with Crippen LogP contribution in [0.2, 0.25) is 5.28 Å². The van der Waals surface area contributed by atoms with Crippen LogP contribution in [0, 0.1) is 0 Å². The van der Waals surface area contributed by atoms with Crippen LogP contribution in [0.4, 0.5) is 11.5 Å². The first kappa shape index (κ1) is 20.6. The first-order chi connectivity index (χ1) is 12.4. The van der Waals surface area contributed by atoms with Crippen molar-refractivity contribution < 1.29 is 4.74 Å². The summed E-state index contributed by atoms with van der Waals surface area (Å²) in [4.78, 5) is 12.3. The van der Waals surface area contributed by atoms with Gasteiger partial charge in [0.1, 0.15) is 5.82 Å². The van der Waals surface area contributed by atoms with Crippen LogP contribution in [0.5, 0.6) is 0 Å². The van der Waals surface area contributed by atoms with Crippen LogP contribution in [-0.2, 0) is 4.74 Å². The van der Waals surface area contributed by atoms with Gasteiger partial charge in [-0.1, -0.05) is 14.0 Å². The lowest BCUT2D eigenvalue weighted by Crippen LogP contribution is -2.12. The van der Waals surface area contributed by atoms with Gasteiger partial charge in [0.2, 0.25) is 5.28 Å². The number of hydrogen-bond donors (Lipinski definition) is 2. The molecule has 0 spiro atoms. The van der Waals surface area contributed by atoms with E-state index >= 15 is 0 Å². The first-order valence-corrected chi connectivity index (χ1v) is 11.0. The molecular weight excluding hydrogens is 437 g/mol. The number of nitrogens with one attached hydrogen (secondary N) is 1. The van der Waals surface area contributed by atoms with E-state index in [0.29, 0.717) is 11.7 Å². The Morgan fingerprint density at radius 1 is 1.42 bits per heavy atom. The molecule has 3 N–H and O–H groups in total. The van der Waals surface area contributed by atoms with Crippen molar-refractivity contribution in [2.24, 2.45) is 10.7 Å². The minimum atomic E-state index is -0.407. The van der Waals surface area contributed by atoms with E-state index < -0.39 is 7.92 Å². The maximum atomic E-state index is 5.98. The van der Waals surface area contributed by atoms with Crippen molar-refractivity contribution in [1.82, 2.24) is 9.97 Å². The van der Waals surface area contributed by atoms with Crippen LogP contribution in [0.1, 0.15) is 5.56 Å². The highest BCUT2D eigenvalue weighted by Gasteiger charge is 2.14. The van der Waals surface area contributed by atoms with Crippen LogP contribution >= 0.6 is 35.5 Å². The number of anilines is 2. The number of nitrogens with zero attached hydrogens (tertiary/aromatic N) is 3. The van der Waals surface area contributed by atoms with Gasteiger partial charge in [0.25, 0.3) is 0 Å². The van der Waals surface area contributed by atoms with Gasteiger partial charge in [-0.2, -0.15) is 4.98 Å². The van der Waals surface area contributed by atoms with Gasteiger partial charge < -0.3 is 15.8 Å². The largest absolute Gasteiger partial charge is 0.482 e. The van der Waals surface area contributed by atoms with Gasteiger partial charge in [-0.3, -0.25) is 4.99 Å². The number of nitrogens with two attached hydrogens (primary N) is 1. The minimum Gasteiger partial charge on any atom is -0.482 e. The second-order valence-electron chi connectivity index (χ2n) is 5.46. The average molecular weight is 457 g/mol. The molecule has 0 amide bonds. The number of aromatic nitrogens is 2. The third kappa shape index (κ3) is 4.93. The smallest absolute Gasteiger partial charge is 0.224 e. The Labute approximate surface area is 167 Å². The molecule has 1 heterocycles. The maximum absolute atomic E-state index is 5.98. The molecule has 2 aromatic rings. The van der Waals surface area contributed by atoms with Gasteiger partial charge in [0.15, 0.2) is 5.88 Å². The number of hydrogen-bond acceptors (Lipinski definition) is 6. The summed E-state index contributed by atoms with van der Waals surface area (Å²) >= 11 is 9.35. The van der Waals surface area contributed by atoms with Gasteiger partial charge in [0, 0.05) is 25.1 Å². The highest BCUT2D eigenvalue weighted by molar-refractivity contribution is 9.10. The zero-order valence-electron chi connectivity index (χ0n) is 14.9. The summed E-state index contributed by atoms with van der Waals surface area (Å²) in [5, 5.41) is 4.67. The molecule has 138 valence electrons. The number of aliphatic imine (C=N–C) groups is 1. The molecule has 0 aliphatic heterocycles. The molecule has 0 aliphatic carbocycles. The number of rotatable bonds is 6. The van der Waals surface area contributed by atoms with E-state index in [4.69, 9.17) is 22.1 Å². The Balaban J connectivity index is 2.51. The Bertz CT molecular complexity index is 857. The fraction of sp³-hybridized carbons (Fsp3) is 0.235. The number of benzene rings is 1. The molecule has 1 aromatic heterocycles. The van der Waals surface area contributed by atoms with Crippen molar-refractivity contribution in [2.75, 3.05) is 32.8 Å². The fourth-order valence-corrected chi connectivity index (χ4v) is 3.69. The third-order valence-corrected chi connectivity index (χ3v) is 5.60. The van der Waals surface area contributed by atoms with E-state index in [9.17, 15) is 0 Å². The predicted octanol–water partition coefficient (Wildman–Crippen LogP) is 3.98. The molecular formula is C17H20BrClN5OP. The first-order valence-electron chi connectivity index (χ1n) is 7.60. The molecule has 0 bridgehead atoms. The van der Waals surface area contributed by atoms with Gasteiger partial charge in [-0.05, 0) is 63.9 Å². The summed E-state index contributed by atoms with van der Waals surface area (Å²) in [6, 6.07) is 6.04. The zero-order valence-corrected chi connectivity index (χ0v) is 18.2. The van der Waals surface area contributed by atoms with Crippen LogP contribution in [0.25, 0.3) is 5.57 Å². The topological polar surface area (TPSA) is 85.4 Å². The normalized spacial score (nSPS) is 12.4. The van der Waals surface area contributed by atoms with Crippen molar-refractivity contribution in [2.45, 2.75) is 0 Å². The molecule has 1 aromatic carbocycles. The van der Waals surface area contributed by atoms with E-state index in [-0.39, 0.29) is 5.28 Å². The van der Waals surface area contributed by atoms with Gasteiger partial charge in [-0.15, -0.1) is 0 Å². The average Bonchev–Trinajstić information content (AvgIpc) is 2.62. The minimum absolute atomic E-state index is 0.182. The highest BCUT2D eigenvalue weighted by atomic mass is 79.9. The molecule has 0 radical (unpaired) electrons. The molecule has 2 rings (SSSR count). The lowest BCUT2D eigenvalue weighted by molar-refractivity contribution is 0.290. The molecule has 0 saturated heterocycles. The maximum Gasteiger partial charge on any atom is 0.224 e. The molecule has 0 atom stereocenters. The summed E-state index contributed by atoms with van der Waals surface area (Å²) in [5.74, 6) is 0.933. The molecule has 0 fully saturated rings. The molecule has 0 saturated carbocycles. The number of allylic oxidation sites excluding steroid dienone is 1. The van der Waals surface area contributed by atoms with E-state index in [0.717, 1.165) is 26.6 Å². The van der Waals surface area contributed by atoms with E-state index in [1.54, 1.807) is 26.6 Å². The second-order valence-corrected chi connectivity index (χ2v) is 8.92. The van der Waals surface area contributed by atoms with E-state index in [1.165, 1.54) is 0 Å². The Kier molecular flexibility index (Phi) is 7.38. The highest BCUT2D eigenvalue weighted by Crippen LogP contribution is 2.33. The summed E-state index contributed by atoms with van der Waals surface area (Å²) in [6.07, 6.45) is 3.31. The number of halogens is 2. The molecule has 26 heavy (non-hydrogen) atoms. The molecule has 0 aliphatic rings. The van der Waals surface area contributed by atoms with Crippen LogP contribution in [0.3, 0.4) is 0 Å². The van der Waals surface area contributed by atoms with Crippen molar-refractivity contribution in [3.05, 3.63) is 45.6 Å². The van der Waals surface area contributed by atoms with Crippen LogP contribution in [0.15, 0.2) is 39.7 Å². The van der Waals surface area contributed by atoms with Crippen molar-refractivity contribution >= 4 is 64.0 Å². The van der Waals surface area contributed by atoms with Gasteiger partial charge in [0.05, 0.1) is 17.2 Å². The van der Waals surface area contributed by atoms with Crippen LogP contribution < -0.4 is 16.4 Å². The molecule has 0 unspecified atom stereocenters. The zero-order chi connectivity index (χ0) is 19.3. The predicted molar refractivity (Wildman–Crippen MR) is 115 cm³/mol. The molecule has 9 heteroatoms. The lowest BCUT2D eigenvalue weighted by Gasteiger charge is -2.17. The van der Waals surface area contributed by atoms with Crippen LogP contribution in [-0.4, -0.2) is 43.7 Å². The standard InChI is InChI=1S/C17H20BrClN5OP/c1-21-8-11(15(20)25-2)10-5-6-13(14(7-10)26(3)4)23-16-12(18)9-22-17(19)24-16/h5-9H,20H2,1-4H3,(H,22,23,24). The monoisotopic (exact) mass is 455 g/mol. The van der Waals surface area contributed by atoms with Gasteiger partial charge >= 0.3 is 0 Å². The SMILES string of the molecule is CN=CC(=C(N)OC)c1ccc(Nc2nc(Cl)ncc2Br)c(P(C)C)c1. The fourth-order valence-electron chi connectivity index (χ4n) is 2.26. The Hall–Kier alpha value is -1.69. The second kappa shape index (κ2) is 9.31. The Morgan fingerprint density at radius 3 is 2.77 bits per heavy atom. The van der Waals surface area contributed by atoms with Crippen molar-refractivity contribution in [3.63, 3.8) is 0 Å². The lowest BCUT2D eigenvalue weighted by atomic mass is 10.1. The molecule has 6 nitrogen and oxygen atoms in total. The summed E-state index contributed by atoms with van der Waals surface area (Å²) in [5.41, 5.74) is 8.60. The third-order valence-electron chi connectivity index (χ3n) is 3.50. The van der Waals surface area contributed by atoms with Gasteiger partial charge in [-0.25, -0.2) is 4.98 Å². The van der Waals surface area contributed by atoms with Crippen molar-refractivity contribution in [1.29, 1.82) is 0 Å². The summed E-state index contributed by atoms with van der Waals surface area (Å²) in [7, 11) is 2.83. The Morgan fingerprint density at radius 2 is 2.15 bits per heavy atom. The number of ether oxygens (including phenoxy) is 1. The summed E-state index contributed by atoms with van der Waals surface area (Å²) in [6.45, 7) is 4.36. The summed E-state index contributed by atoms with van der Waals surface area (Å²) < 4.78 is 5.92.